The van der Waals surface area contributed by atoms with Crippen molar-refractivity contribution in [3.05, 3.63) is 47.7 Å². The van der Waals surface area contributed by atoms with E-state index in [9.17, 15) is 9.59 Å². The number of fused-ring (bicyclic) bond motifs is 1. The smallest absolute Gasteiger partial charge is 0.240 e. The van der Waals surface area contributed by atoms with E-state index in [0.717, 1.165) is 31.7 Å². The normalized spacial score (nSPS) is 13.7. The fourth-order valence-corrected chi connectivity index (χ4v) is 3.47. The first-order valence-corrected chi connectivity index (χ1v) is 9.94. The molecule has 2 heterocycles. The van der Waals surface area contributed by atoms with Crippen LogP contribution in [0, 0.1) is 6.92 Å². The number of carbonyl (C=O) groups excluding carboxylic acids is 2. The predicted molar refractivity (Wildman–Crippen MR) is 109 cm³/mol. The van der Waals surface area contributed by atoms with Crippen LogP contribution in [0.5, 0.6) is 0 Å². The number of hydrogen-bond donors (Lipinski definition) is 1. The number of nitrogens with zero attached hydrogens (tertiary/aromatic N) is 4. The van der Waals surface area contributed by atoms with Gasteiger partial charge < -0.3 is 5.32 Å². The van der Waals surface area contributed by atoms with Crippen LogP contribution >= 0.6 is 0 Å². The fourth-order valence-electron chi connectivity index (χ4n) is 3.47. The van der Waals surface area contributed by atoms with E-state index in [1.165, 1.54) is 10.5 Å². The Balaban J connectivity index is 1.42. The Hall–Kier alpha value is -2.67. The third kappa shape index (κ3) is 5.19. The molecule has 7 heteroatoms. The average molecular weight is 383 g/mol. The van der Waals surface area contributed by atoms with Gasteiger partial charge in [-0.1, -0.05) is 37.3 Å². The lowest BCUT2D eigenvalue weighted by Crippen LogP contribution is -2.44. The second-order valence-electron chi connectivity index (χ2n) is 7.15. The van der Waals surface area contributed by atoms with E-state index in [-0.39, 0.29) is 18.4 Å². The van der Waals surface area contributed by atoms with Gasteiger partial charge >= 0.3 is 0 Å². The van der Waals surface area contributed by atoms with Crippen LogP contribution in [-0.2, 0) is 22.7 Å². The summed E-state index contributed by atoms with van der Waals surface area (Å²) in [6.07, 6.45) is 1.25. The summed E-state index contributed by atoms with van der Waals surface area (Å²) >= 11 is 0. The molecule has 1 aromatic carbocycles. The zero-order valence-corrected chi connectivity index (χ0v) is 16.7. The molecule has 0 saturated heterocycles. The highest BCUT2D eigenvalue weighted by Gasteiger charge is 2.27. The van der Waals surface area contributed by atoms with Gasteiger partial charge in [0.05, 0.1) is 12.2 Å². The van der Waals surface area contributed by atoms with Crippen LogP contribution in [0.25, 0.3) is 0 Å². The topological polar surface area (TPSA) is 70.5 Å². The first-order chi connectivity index (χ1) is 13.6. The monoisotopic (exact) mass is 383 g/mol. The highest BCUT2D eigenvalue weighted by atomic mass is 16.2. The maximum atomic E-state index is 12.3. The van der Waals surface area contributed by atoms with Crippen LogP contribution in [0.1, 0.15) is 31.0 Å². The summed E-state index contributed by atoms with van der Waals surface area (Å²) in [5, 5.41) is 7.31. The molecule has 1 aromatic heterocycles. The third-order valence-corrected chi connectivity index (χ3v) is 4.97. The number of anilines is 1. The van der Waals surface area contributed by atoms with Crippen molar-refractivity contribution in [3.8, 4) is 0 Å². The number of benzene rings is 1. The van der Waals surface area contributed by atoms with Crippen LogP contribution in [0.3, 0.4) is 0 Å². The Morgan fingerprint density at radius 2 is 2.07 bits per heavy atom. The third-order valence-electron chi connectivity index (χ3n) is 4.97. The molecule has 150 valence electrons. The highest BCUT2D eigenvalue weighted by molar-refractivity contribution is 5.98. The highest BCUT2D eigenvalue weighted by Crippen LogP contribution is 2.21. The summed E-state index contributed by atoms with van der Waals surface area (Å²) in [6.45, 7) is 8.06. The standard InChI is InChI=1S/C21H29N5O2/c1-3-24(15-18-8-5-4-6-9-18)12-7-11-22-19(27)16-25-20-14-17(2)23-26(20)13-10-21(25)28/h4-6,8-9,14H,3,7,10-13,15-16H2,1-2H3,(H,22,27). The van der Waals surface area contributed by atoms with Crippen molar-refractivity contribution >= 4 is 17.6 Å². The summed E-state index contributed by atoms with van der Waals surface area (Å²) in [6, 6.07) is 12.3. The van der Waals surface area contributed by atoms with E-state index >= 15 is 0 Å². The van der Waals surface area contributed by atoms with E-state index in [1.54, 1.807) is 4.68 Å². The van der Waals surface area contributed by atoms with Gasteiger partial charge in [0, 0.05) is 32.1 Å². The lowest BCUT2D eigenvalue weighted by atomic mass is 10.2. The summed E-state index contributed by atoms with van der Waals surface area (Å²) in [4.78, 5) is 28.5. The van der Waals surface area contributed by atoms with Crippen molar-refractivity contribution < 1.29 is 9.59 Å². The summed E-state index contributed by atoms with van der Waals surface area (Å²) in [5.41, 5.74) is 2.15. The van der Waals surface area contributed by atoms with Crippen molar-refractivity contribution in [2.75, 3.05) is 31.1 Å². The van der Waals surface area contributed by atoms with Crippen LogP contribution < -0.4 is 10.2 Å². The number of nitrogens with one attached hydrogen (secondary N) is 1. The maximum Gasteiger partial charge on any atom is 0.240 e. The van der Waals surface area contributed by atoms with Crippen molar-refractivity contribution in [2.24, 2.45) is 0 Å². The second-order valence-corrected chi connectivity index (χ2v) is 7.15. The molecular formula is C21H29N5O2. The number of amides is 2. The Morgan fingerprint density at radius 1 is 1.29 bits per heavy atom. The number of aromatic nitrogens is 2. The van der Waals surface area contributed by atoms with Crippen LogP contribution in [-0.4, -0.2) is 52.7 Å². The van der Waals surface area contributed by atoms with Gasteiger partial charge in [-0.2, -0.15) is 5.10 Å². The predicted octanol–water partition coefficient (Wildman–Crippen LogP) is 1.96. The minimum Gasteiger partial charge on any atom is -0.354 e. The van der Waals surface area contributed by atoms with Gasteiger partial charge in [0.15, 0.2) is 0 Å². The molecule has 28 heavy (non-hydrogen) atoms. The molecule has 0 unspecified atom stereocenters. The molecule has 2 amide bonds. The first-order valence-electron chi connectivity index (χ1n) is 9.94. The van der Waals surface area contributed by atoms with E-state index < -0.39 is 0 Å². The lowest BCUT2D eigenvalue weighted by Gasteiger charge is -2.27. The van der Waals surface area contributed by atoms with Gasteiger partial charge in [-0.25, -0.2) is 4.68 Å². The Bertz CT molecular complexity index is 802. The molecule has 2 aromatic rings. The van der Waals surface area contributed by atoms with E-state index in [4.69, 9.17) is 0 Å². The Morgan fingerprint density at radius 3 is 2.82 bits per heavy atom. The molecule has 0 spiro atoms. The van der Waals surface area contributed by atoms with E-state index in [1.807, 2.05) is 19.1 Å². The molecule has 0 aliphatic carbocycles. The van der Waals surface area contributed by atoms with E-state index in [2.05, 4.69) is 46.5 Å². The van der Waals surface area contributed by atoms with Gasteiger partial charge in [-0.05, 0) is 25.5 Å². The SMILES string of the molecule is CCN(CCCNC(=O)CN1C(=O)CCn2nc(C)cc21)Cc1ccccc1. The van der Waals surface area contributed by atoms with Crippen molar-refractivity contribution in [2.45, 2.75) is 39.8 Å². The minimum atomic E-state index is -0.133. The van der Waals surface area contributed by atoms with Crippen LogP contribution in [0.2, 0.25) is 0 Å². The van der Waals surface area contributed by atoms with Crippen molar-refractivity contribution in [1.29, 1.82) is 0 Å². The molecule has 0 fully saturated rings. The zero-order valence-electron chi connectivity index (χ0n) is 16.7. The van der Waals surface area contributed by atoms with Gasteiger partial charge in [0.1, 0.15) is 12.4 Å². The molecule has 0 atom stereocenters. The van der Waals surface area contributed by atoms with Gasteiger partial charge in [0.2, 0.25) is 11.8 Å². The maximum absolute atomic E-state index is 12.3. The zero-order chi connectivity index (χ0) is 19.9. The Kier molecular flexibility index (Phi) is 6.81. The molecule has 1 aliphatic heterocycles. The molecule has 7 nitrogen and oxygen atoms in total. The largest absolute Gasteiger partial charge is 0.354 e. The number of hydrogen-bond acceptors (Lipinski definition) is 4. The first kappa shape index (κ1) is 20.1. The number of carbonyl (C=O) groups is 2. The molecule has 1 N–H and O–H groups in total. The van der Waals surface area contributed by atoms with Gasteiger partial charge in [0.25, 0.3) is 0 Å². The number of rotatable bonds is 9. The fraction of sp³-hybridized carbons (Fsp3) is 0.476. The van der Waals surface area contributed by atoms with Crippen LogP contribution in [0.4, 0.5) is 5.82 Å². The van der Waals surface area contributed by atoms with Crippen LogP contribution in [0.15, 0.2) is 36.4 Å². The molecule has 0 saturated carbocycles. The molecular weight excluding hydrogens is 354 g/mol. The average Bonchev–Trinajstić information content (AvgIpc) is 3.08. The second kappa shape index (κ2) is 9.50. The molecule has 3 rings (SSSR count). The molecule has 0 radical (unpaired) electrons. The van der Waals surface area contributed by atoms with Crippen molar-refractivity contribution in [1.82, 2.24) is 20.0 Å². The quantitative estimate of drug-likeness (QED) is 0.672. The summed E-state index contributed by atoms with van der Waals surface area (Å²) in [7, 11) is 0. The number of aryl methyl sites for hydroxylation is 2. The minimum absolute atomic E-state index is 0.0254. The van der Waals surface area contributed by atoms with Crippen molar-refractivity contribution in [3.63, 3.8) is 0 Å². The molecule has 1 aliphatic rings. The summed E-state index contributed by atoms with van der Waals surface area (Å²) < 4.78 is 1.80. The molecule has 0 bridgehead atoms. The summed E-state index contributed by atoms with van der Waals surface area (Å²) in [5.74, 6) is 0.554. The lowest BCUT2D eigenvalue weighted by molar-refractivity contribution is -0.124. The van der Waals surface area contributed by atoms with Gasteiger partial charge in [-0.3, -0.25) is 19.4 Å². The van der Waals surface area contributed by atoms with Gasteiger partial charge in [-0.15, -0.1) is 0 Å². The van der Waals surface area contributed by atoms with E-state index in [0.29, 0.717) is 25.3 Å². The Labute approximate surface area is 166 Å².